The number of hydrogen-bond acceptors (Lipinski definition) is 13. The number of fused-ring (bicyclic) bond motifs is 15. The summed E-state index contributed by atoms with van der Waals surface area (Å²) in [7, 11) is 5.45. The standard InChI is InChI=1S/C48H80N2O12/c1-17-34-24-46(11)22-21-26(3)19-20-35(28(5)43(53)49-34)48(13,55)38(18-2)61-44(54)30(7)39(37-25-47(12,56-16)42(31(8)58-37)60-33(10)52)29(6)41(46)62-45-40(59-32(9)51)36(50(14)15)23-27(4)57-45/h17,27-31,34-42,45,55H,1,3,18-25H2,2,4-16H3,(H,49,53)/t27-,28-,29+,30-,31+,34-,35-,36+,37?,38-,39+,40-,41-,42+,45+,46-,47-,48+/m1/s1. The lowest BCUT2D eigenvalue weighted by molar-refractivity contribution is -0.298. The van der Waals surface area contributed by atoms with Crippen LogP contribution in [0.25, 0.3) is 0 Å². The summed E-state index contributed by atoms with van der Waals surface area (Å²) < 4.78 is 45.5. The molecule has 0 aromatic carbocycles. The van der Waals surface area contributed by atoms with Gasteiger partial charge in [0, 0.05) is 51.2 Å². The average molecular weight is 877 g/mol. The van der Waals surface area contributed by atoms with Crippen LogP contribution in [0, 0.1) is 35.0 Å². The summed E-state index contributed by atoms with van der Waals surface area (Å²) in [5.41, 5.74) is -2.43. The first-order chi connectivity index (χ1) is 28.8. The van der Waals surface area contributed by atoms with Gasteiger partial charge in [-0.25, -0.2) is 0 Å². The number of likely N-dealkylation sites (N-methyl/N-ethyl adjacent to an activating group) is 1. The van der Waals surface area contributed by atoms with Crippen LogP contribution in [0.3, 0.4) is 0 Å². The Hall–Kier alpha value is -2.88. The molecule has 2 N–H and O–H groups in total. The molecule has 14 nitrogen and oxygen atoms in total. The van der Waals surface area contributed by atoms with Gasteiger partial charge in [0.15, 0.2) is 18.5 Å². The Balaban J connectivity index is 2.05. The third kappa shape index (κ3) is 11.5. The maximum atomic E-state index is 14.9. The average Bonchev–Trinajstić information content (AvgIpc) is 3.18. The van der Waals surface area contributed by atoms with E-state index in [0.29, 0.717) is 44.9 Å². The van der Waals surface area contributed by atoms with Crippen LogP contribution in [0.2, 0.25) is 0 Å². The number of carbonyl (C=O) groups excluding carboxylic acids is 4. The molecule has 2 bridgehead atoms. The fourth-order valence-electron chi connectivity index (χ4n) is 11.4. The van der Waals surface area contributed by atoms with Crippen molar-refractivity contribution in [2.75, 3.05) is 21.2 Å². The molecule has 0 spiro atoms. The topological polar surface area (TPSA) is 168 Å². The first kappa shape index (κ1) is 51.8. The van der Waals surface area contributed by atoms with Crippen LogP contribution in [-0.2, 0) is 52.3 Å². The number of esters is 3. The molecular weight excluding hydrogens is 797 g/mol. The maximum absolute atomic E-state index is 14.9. The molecule has 5 rings (SSSR count). The van der Waals surface area contributed by atoms with E-state index in [1.54, 1.807) is 20.1 Å². The van der Waals surface area contributed by atoms with Crippen molar-refractivity contribution in [1.82, 2.24) is 10.2 Å². The second-order valence-electron chi connectivity index (χ2n) is 20.0. The number of carbonyl (C=O) groups is 4. The molecule has 62 heavy (non-hydrogen) atoms. The Bertz CT molecular complexity index is 1600. The molecule has 14 heteroatoms. The van der Waals surface area contributed by atoms with Gasteiger partial charge in [-0.1, -0.05) is 52.8 Å². The van der Waals surface area contributed by atoms with Gasteiger partial charge in [-0.2, -0.15) is 0 Å². The van der Waals surface area contributed by atoms with Gasteiger partial charge < -0.3 is 48.5 Å². The maximum Gasteiger partial charge on any atom is 0.309 e. The summed E-state index contributed by atoms with van der Waals surface area (Å²) in [6, 6.07) is -0.764. The van der Waals surface area contributed by atoms with E-state index in [0.717, 1.165) is 5.57 Å². The molecule has 354 valence electrons. The lowest BCUT2D eigenvalue weighted by Gasteiger charge is -2.53. The second-order valence-corrected chi connectivity index (χ2v) is 20.0. The summed E-state index contributed by atoms with van der Waals surface area (Å²) in [5, 5.41) is 15.8. The lowest BCUT2D eigenvalue weighted by Crippen LogP contribution is -2.62. The smallest absolute Gasteiger partial charge is 0.309 e. The van der Waals surface area contributed by atoms with Gasteiger partial charge in [-0.05, 0) is 98.1 Å². The van der Waals surface area contributed by atoms with Crippen molar-refractivity contribution in [2.45, 2.75) is 200 Å². The molecule has 18 atom stereocenters. The highest BCUT2D eigenvalue weighted by Crippen LogP contribution is 2.50. The molecule has 5 saturated heterocycles. The number of nitrogens with one attached hydrogen (secondary N) is 1. The highest BCUT2D eigenvalue weighted by atomic mass is 16.7. The number of methoxy groups -OCH3 is 1. The van der Waals surface area contributed by atoms with Crippen LogP contribution in [0.15, 0.2) is 24.8 Å². The van der Waals surface area contributed by atoms with Gasteiger partial charge in [-0.3, -0.25) is 19.2 Å². The number of amides is 1. The highest BCUT2D eigenvalue weighted by Gasteiger charge is 2.56. The zero-order valence-corrected chi connectivity index (χ0v) is 40.2. The van der Waals surface area contributed by atoms with E-state index in [2.05, 4.69) is 25.4 Å². The second kappa shape index (κ2) is 21.0. The molecule has 1 amide bonds. The van der Waals surface area contributed by atoms with Crippen LogP contribution in [-0.4, -0.2) is 127 Å². The first-order valence-corrected chi connectivity index (χ1v) is 22.9. The van der Waals surface area contributed by atoms with Crippen LogP contribution in [0.5, 0.6) is 0 Å². The minimum atomic E-state index is -1.60. The molecule has 0 aromatic rings. The number of allylic oxidation sites excluding steroid dienone is 1. The minimum absolute atomic E-state index is 0.240. The number of nitrogens with zero attached hydrogens (tertiary/aromatic N) is 1. The molecule has 0 saturated carbocycles. The van der Waals surface area contributed by atoms with E-state index in [1.165, 1.54) is 13.8 Å². The van der Waals surface area contributed by atoms with E-state index in [-0.39, 0.29) is 24.5 Å². The van der Waals surface area contributed by atoms with Crippen molar-refractivity contribution in [3.05, 3.63) is 24.8 Å². The fraction of sp³-hybridized carbons (Fsp3) is 0.833. The Morgan fingerprint density at radius 2 is 1.61 bits per heavy atom. The van der Waals surface area contributed by atoms with Crippen molar-refractivity contribution in [3.63, 3.8) is 0 Å². The Morgan fingerprint density at radius 1 is 0.968 bits per heavy atom. The van der Waals surface area contributed by atoms with E-state index >= 15 is 0 Å². The van der Waals surface area contributed by atoms with Crippen LogP contribution in [0.1, 0.15) is 128 Å². The molecule has 0 aromatic heterocycles. The van der Waals surface area contributed by atoms with Crippen molar-refractivity contribution >= 4 is 23.8 Å². The number of aliphatic hydroxyl groups is 1. The summed E-state index contributed by atoms with van der Waals surface area (Å²) in [6.07, 6.45) is -0.437. The number of ether oxygens (including phenoxy) is 7. The van der Waals surface area contributed by atoms with Crippen LogP contribution in [0.4, 0.5) is 0 Å². The van der Waals surface area contributed by atoms with Gasteiger partial charge in [0.05, 0.1) is 36.4 Å². The van der Waals surface area contributed by atoms with Gasteiger partial charge in [0.1, 0.15) is 17.3 Å². The quantitative estimate of drug-likeness (QED) is 0.151. The van der Waals surface area contributed by atoms with Crippen molar-refractivity contribution < 1.29 is 57.4 Å². The predicted octanol–water partition coefficient (Wildman–Crippen LogP) is 6.31. The van der Waals surface area contributed by atoms with E-state index in [4.69, 9.17) is 33.2 Å². The van der Waals surface area contributed by atoms with Gasteiger partial charge >= 0.3 is 17.9 Å². The Morgan fingerprint density at radius 3 is 2.18 bits per heavy atom. The van der Waals surface area contributed by atoms with Crippen molar-refractivity contribution in [2.24, 2.45) is 35.0 Å². The molecule has 1 unspecified atom stereocenters. The van der Waals surface area contributed by atoms with E-state index < -0.39 is 113 Å². The normalized spacial score (nSPS) is 44.1. The summed E-state index contributed by atoms with van der Waals surface area (Å²) in [6.45, 7) is 28.5. The lowest BCUT2D eigenvalue weighted by atomic mass is 9.63. The van der Waals surface area contributed by atoms with Crippen molar-refractivity contribution in [3.8, 4) is 0 Å². The summed E-state index contributed by atoms with van der Waals surface area (Å²) in [5.74, 6) is -4.98. The molecular formula is C48H80N2O12. The predicted molar refractivity (Wildman–Crippen MR) is 235 cm³/mol. The molecule has 5 heterocycles. The minimum Gasteiger partial charge on any atom is -0.459 e. The van der Waals surface area contributed by atoms with E-state index in [9.17, 15) is 24.3 Å². The highest BCUT2D eigenvalue weighted by molar-refractivity contribution is 5.79. The number of rotatable bonds is 9. The van der Waals surface area contributed by atoms with Gasteiger partial charge in [0.25, 0.3) is 0 Å². The number of hydrogen-bond donors (Lipinski definition) is 2. The van der Waals surface area contributed by atoms with Gasteiger partial charge in [0.2, 0.25) is 5.91 Å². The summed E-state index contributed by atoms with van der Waals surface area (Å²) in [4.78, 5) is 56.5. The molecule has 0 aliphatic carbocycles. The molecule has 5 aliphatic rings. The molecule has 5 aliphatic heterocycles. The SMILES string of the molecule is C=C[C@@H]1C[C@@]2(C)CCC(=C)CC[C@H]([C@@H](C)C(=O)N1)[C@](C)(O)[C@@H](CC)OC(=O)[C@H](C)[C@@H](C1C[C@@](C)(OC)[C@@H](OC(C)=O)[C@H](C)O1)[C@H](C)[C@H]2O[C@@H]1O[C@H](C)C[C@H](N(C)C)[C@H]1OC(C)=O. The van der Waals surface area contributed by atoms with Crippen LogP contribution >= 0.6 is 0 Å². The van der Waals surface area contributed by atoms with Gasteiger partial charge in [-0.15, -0.1) is 6.58 Å². The third-order valence-corrected chi connectivity index (χ3v) is 15.0. The monoisotopic (exact) mass is 877 g/mol. The molecule has 5 fully saturated rings. The Kier molecular flexibility index (Phi) is 17.5. The first-order valence-electron chi connectivity index (χ1n) is 22.9. The fourth-order valence-corrected chi connectivity index (χ4v) is 11.4. The largest absolute Gasteiger partial charge is 0.459 e. The molecule has 0 radical (unpaired) electrons. The van der Waals surface area contributed by atoms with E-state index in [1.807, 2.05) is 67.5 Å². The third-order valence-electron chi connectivity index (χ3n) is 15.0. The van der Waals surface area contributed by atoms with Crippen molar-refractivity contribution in [1.29, 1.82) is 0 Å². The zero-order valence-electron chi connectivity index (χ0n) is 40.2. The van der Waals surface area contributed by atoms with Crippen LogP contribution < -0.4 is 5.32 Å². The Labute approximate surface area is 371 Å². The summed E-state index contributed by atoms with van der Waals surface area (Å²) >= 11 is 0. The zero-order chi connectivity index (χ0) is 46.6.